The molecule has 7 nitrogen and oxygen atoms in total. The standard InChI is InChI=1S/C13H11N5O2/c14-7-9-2-1-3-10(6-9)18-13-12(15-4-5-16-13)17-8-11(19)20/h1-6H,8H2,(H,15,17)(H,16,18)(H,19,20). The molecule has 0 bridgehead atoms. The zero-order valence-corrected chi connectivity index (χ0v) is 10.4. The lowest BCUT2D eigenvalue weighted by Crippen LogP contribution is -2.14. The molecule has 3 N–H and O–H groups in total. The number of nitriles is 1. The Kier molecular flexibility index (Phi) is 4.09. The fourth-order valence-corrected chi connectivity index (χ4v) is 1.52. The van der Waals surface area contributed by atoms with Crippen LogP contribution in [0.2, 0.25) is 0 Å². The van der Waals surface area contributed by atoms with Crippen molar-refractivity contribution in [3.05, 3.63) is 42.2 Å². The van der Waals surface area contributed by atoms with E-state index in [1.807, 2.05) is 6.07 Å². The maximum Gasteiger partial charge on any atom is 0.322 e. The smallest absolute Gasteiger partial charge is 0.322 e. The van der Waals surface area contributed by atoms with Crippen LogP contribution in [-0.4, -0.2) is 27.6 Å². The van der Waals surface area contributed by atoms with Gasteiger partial charge in [0.1, 0.15) is 6.54 Å². The van der Waals surface area contributed by atoms with Crippen LogP contribution in [0.25, 0.3) is 0 Å². The second-order valence-electron chi connectivity index (χ2n) is 3.82. The number of nitrogens with one attached hydrogen (secondary N) is 2. The van der Waals surface area contributed by atoms with Gasteiger partial charge in [-0.15, -0.1) is 0 Å². The van der Waals surface area contributed by atoms with Crippen LogP contribution in [0.4, 0.5) is 17.3 Å². The molecule has 0 aliphatic heterocycles. The Morgan fingerprint density at radius 1 is 1.30 bits per heavy atom. The molecule has 2 aromatic rings. The zero-order valence-electron chi connectivity index (χ0n) is 10.4. The molecule has 0 aliphatic rings. The van der Waals surface area contributed by atoms with Crippen LogP contribution in [-0.2, 0) is 4.79 Å². The molecule has 0 amide bonds. The summed E-state index contributed by atoms with van der Waals surface area (Å²) in [7, 11) is 0. The van der Waals surface area contributed by atoms with Gasteiger partial charge < -0.3 is 15.7 Å². The number of hydrogen-bond donors (Lipinski definition) is 3. The molecule has 0 saturated heterocycles. The van der Waals surface area contributed by atoms with Crippen LogP contribution in [0, 0.1) is 11.3 Å². The molecule has 1 aromatic heterocycles. The summed E-state index contributed by atoms with van der Waals surface area (Å²) in [6, 6.07) is 8.90. The predicted octanol–water partition coefficient (Wildman–Crippen LogP) is 1.59. The van der Waals surface area contributed by atoms with Crippen molar-refractivity contribution in [1.82, 2.24) is 9.97 Å². The van der Waals surface area contributed by atoms with Crippen molar-refractivity contribution in [3.63, 3.8) is 0 Å². The number of hydrogen-bond acceptors (Lipinski definition) is 6. The van der Waals surface area contributed by atoms with Crippen molar-refractivity contribution >= 4 is 23.3 Å². The van der Waals surface area contributed by atoms with E-state index in [0.717, 1.165) is 0 Å². The molecule has 0 unspecified atom stereocenters. The van der Waals surface area contributed by atoms with Crippen LogP contribution in [0.5, 0.6) is 0 Å². The van der Waals surface area contributed by atoms with Gasteiger partial charge in [0, 0.05) is 18.1 Å². The normalized spacial score (nSPS) is 9.55. The molecule has 1 heterocycles. The number of aliphatic carboxylic acids is 1. The van der Waals surface area contributed by atoms with Gasteiger partial charge in [-0.3, -0.25) is 4.79 Å². The first kappa shape index (κ1) is 13.3. The number of carboxylic acids is 1. The summed E-state index contributed by atoms with van der Waals surface area (Å²) in [5, 5.41) is 23.2. The fraction of sp³-hybridized carbons (Fsp3) is 0.0769. The van der Waals surface area contributed by atoms with Gasteiger partial charge >= 0.3 is 5.97 Å². The Balaban J connectivity index is 2.20. The number of nitrogens with zero attached hydrogens (tertiary/aromatic N) is 3. The van der Waals surface area contributed by atoms with Gasteiger partial charge in [-0.2, -0.15) is 5.26 Å². The summed E-state index contributed by atoms with van der Waals surface area (Å²) in [6.07, 6.45) is 2.95. The molecule has 7 heteroatoms. The van der Waals surface area contributed by atoms with Gasteiger partial charge in [0.15, 0.2) is 11.6 Å². The number of carbonyl (C=O) groups is 1. The first-order valence-corrected chi connectivity index (χ1v) is 5.73. The highest BCUT2D eigenvalue weighted by atomic mass is 16.4. The molecule has 0 spiro atoms. The Morgan fingerprint density at radius 3 is 2.75 bits per heavy atom. The summed E-state index contributed by atoms with van der Waals surface area (Å²) < 4.78 is 0. The highest BCUT2D eigenvalue weighted by molar-refractivity contribution is 5.75. The van der Waals surface area contributed by atoms with E-state index < -0.39 is 5.97 Å². The molecular formula is C13H11N5O2. The van der Waals surface area contributed by atoms with Crippen molar-refractivity contribution in [2.45, 2.75) is 0 Å². The van der Waals surface area contributed by atoms with Crippen molar-refractivity contribution in [2.24, 2.45) is 0 Å². The zero-order chi connectivity index (χ0) is 14.4. The third-order valence-corrected chi connectivity index (χ3v) is 2.36. The van der Waals surface area contributed by atoms with Crippen LogP contribution >= 0.6 is 0 Å². The molecule has 100 valence electrons. The fourth-order valence-electron chi connectivity index (χ4n) is 1.52. The molecule has 0 radical (unpaired) electrons. The van der Waals surface area contributed by atoms with E-state index in [0.29, 0.717) is 22.9 Å². The van der Waals surface area contributed by atoms with Crippen molar-refractivity contribution in [3.8, 4) is 6.07 Å². The maximum absolute atomic E-state index is 10.6. The Labute approximate surface area is 114 Å². The van der Waals surface area contributed by atoms with Gasteiger partial charge in [0.05, 0.1) is 11.6 Å². The molecule has 20 heavy (non-hydrogen) atoms. The molecule has 0 saturated carbocycles. The SMILES string of the molecule is N#Cc1cccc(Nc2nccnc2NCC(=O)O)c1. The van der Waals surface area contributed by atoms with E-state index in [9.17, 15) is 4.79 Å². The van der Waals surface area contributed by atoms with E-state index in [-0.39, 0.29) is 6.54 Å². The number of benzene rings is 1. The summed E-state index contributed by atoms with van der Waals surface area (Å²) in [6.45, 7) is -0.258. The second kappa shape index (κ2) is 6.15. The van der Waals surface area contributed by atoms with Crippen molar-refractivity contribution in [2.75, 3.05) is 17.2 Å². The minimum atomic E-state index is -0.993. The number of anilines is 3. The molecule has 1 aromatic carbocycles. The Hall–Kier alpha value is -3.14. The van der Waals surface area contributed by atoms with Crippen molar-refractivity contribution < 1.29 is 9.90 Å². The van der Waals surface area contributed by atoms with Gasteiger partial charge in [-0.1, -0.05) is 6.07 Å². The maximum atomic E-state index is 10.6. The highest BCUT2D eigenvalue weighted by Crippen LogP contribution is 2.20. The molecule has 0 aliphatic carbocycles. The average molecular weight is 269 g/mol. The lowest BCUT2D eigenvalue weighted by atomic mass is 10.2. The van der Waals surface area contributed by atoms with E-state index in [1.54, 1.807) is 24.3 Å². The van der Waals surface area contributed by atoms with Crippen LogP contribution in [0.3, 0.4) is 0 Å². The first-order valence-electron chi connectivity index (χ1n) is 5.73. The summed E-state index contributed by atoms with van der Waals surface area (Å²) >= 11 is 0. The van der Waals surface area contributed by atoms with E-state index >= 15 is 0 Å². The van der Waals surface area contributed by atoms with E-state index in [4.69, 9.17) is 10.4 Å². The first-order chi connectivity index (χ1) is 9.69. The summed E-state index contributed by atoms with van der Waals surface area (Å²) in [4.78, 5) is 18.7. The average Bonchev–Trinajstić information content (AvgIpc) is 2.46. The predicted molar refractivity (Wildman–Crippen MR) is 72.6 cm³/mol. The van der Waals surface area contributed by atoms with Gasteiger partial charge in [0.2, 0.25) is 0 Å². The van der Waals surface area contributed by atoms with Gasteiger partial charge in [0.25, 0.3) is 0 Å². The minimum Gasteiger partial charge on any atom is -0.480 e. The second-order valence-corrected chi connectivity index (χ2v) is 3.82. The van der Waals surface area contributed by atoms with E-state index in [1.165, 1.54) is 12.4 Å². The number of carboxylic acid groups (broad SMARTS) is 1. The monoisotopic (exact) mass is 269 g/mol. The molecule has 0 atom stereocenters. The quantitative estimate of drug-likeness (QED) is 0.755. The van der Waals surface area contributed by atoms with E-state index in [2.05, 4.69) is 20.6 Å². The summed E-state index contributed by atoms with van der Waals surface area (Å²) in [5.41, 5.74) is 1.18. The minimum absolute atomic E-state index is 0.258. The van der Waals surface area contributed by atoms with Gasteiger partial charge in [-0.25, -0.2) is 9.97 Å². The Bertz CT molecular complexity index is 666. The van der Waals surface area contributed by atoms with Crippen LogP contribution in [0.1, 0.15) is 5.56 Å². The van der Waals surface area contributed by atoms with Crippen molar-refractivity contribution in [1.29, 1.82) is 5.26 Å². The summed E-state index contributed by atoms with van der Waals surface area (Å²) in [5.74, 6) is -0.269. The van der Waals surface area contributed by atoms with Crippen LogP contribution in [0.15, 0.2) is 36.7 Å². The lowest BCUT2D eigenvalue weighted by Gasteiger charge is -2.10. The number of aromatic nitrogens is 2. The highest BCUT2D eigenvalue weighted by Gasteiger charge is 2.07. The number of rotatable bonds is 5. The van der Waals surface area contributed by atoms with Crippen LogP contribution < -0.4 is 10.6 Å². The lowest BCUT2D eigenvalue weighted by molar-refractivity contribution is -0.134. The Morgan fingerprint density at radius 2 is 2.05 bits per heavy atom. The topological polar surface area (TPSA) is 111 Å². The molecule has 2 rings (SSSR count). The third-order valence-electron chi connectivity index (χ3n) is 2.36. The molecule has 0 fully saturated rings. The van der Waals surface area contributed by atoms with Gasteiger partial charge in [-0.05, 0) is 18.2 Å². The largest absolute Gasteiger partial charge is 0.480 e. The molecular weight excluding hydrogens is 258 g/mol. The third kappa shape index (κ3) is 3.43.